The van der Waals surface area contributed by atoms with Crippen LogP contribution in [0.3, 0.4) is 0 Å². The van der Waals surface area contributed by atoms with Gasteiger partial charge in [0.25, 0.3) is 0 Å². The van der Waals surface area contributed by atoms with E-state index < -0.39 is 6.10 Å². The third-order valence-corrected chi connectivity index (χ3v) is 3.27. The molecule has 1 aromatic heterocycles. The van der Waals surface area contributed by atoms with Crippen LogP contribution in [0.5, 0.6) is 5.75 Å². The zero-order chi connectivity index (χ0) is 11.4. The quantitative estimate of drug-likeness (QED) is 0.880. The summed E-state index contributed by atoms with van der Waals surface area (Å²) in [5, 5.41) is 11.9. The fourth-order valence-corrected chi connectivity index (χ4v) is 2.28. The molecule has 0 amide bonds. The lowest BCUT2D eigenvalue weighted by Gasteiger charge is -2.12. The molecule has 0 spiro atoms. The molecule has 2 rings (SSSR count). The second kappa shape index (κ2) is 5.14. The van der Waals surface area contributed by atoms with Crippen molar-refractivity contribution < 1.29 is 9.84 Å². The van der Waals surface area contributed by atoms with E-state index in [-0.39, 0.29) is 0 Å². The Bertz CT molecular complexity index is 436. The molecule has 0 saturated carbocycles. The summed E-state index contributed by atoms with van der Waals surface area (Å²) in [6.45, 7) is 2.30. The maximum atomic E-state index is 9.93. The summed E-state index contributed by atoms with van der Waals surface area (Å²) in [7, 11) is 0. The van der Waals surface area contributed by atoms with Crippen molar-refractivity contribution in [1.29, 1.82) is 0 Å². The molecule has 0 bridgehead atoms. The summed E-state index contributed by atoms with van der Waals surface area (Å²) in [6.07, 6.45) is -0.550. The number of hydrogen-bond acceptors (Lipinski definition) is 3. The van der Waals surface area contributed by atoms with Gasteiger partial charge in [-0.15, -0.1) is 11.3 Å². The zero-order valence-electron chi connectivity index (χ0n) is 9.09. The molecule has 0 fully saturated rings. The monoisotopic (exact) mass is 234 g/mol. The third kappa shape index (κ3) is 2.62. The minimum Gasteiger partial charge on any atom is -0.491 e. The predicted molar refractivity (Wildman–Crippen MR) is 66.0 cm³/mol. The van der Waals surface area contributed by atoms with Crippen LogP contribution in [0.2, 0.25) is 0 Å². The average molecular weight is 234 g/mol. The van der Waals surface area contributed by atoms with Crippen molar-refractivity contribution in [2.45, 2.75) is 13.0 Å². The number of ether oxygens (including phenoxy) is 1. The van der Waals surface area contributed by atoms with E-state index in [1.807, 2.05) is 48.7 Å². The van der Waals surface area contributed by atoms with Crippen molar-refractivity contribution in [1.82, 2.24) is 0 Å². The molecular weight excluding hydrogens is 220 g/mol. The van der Waals surface area contributed by atoms with Crippen molar-refractivity contribution in [3.8, 4) is 5.75 Å². The van der Waals surface area contributed by atoms with Crippen molar-refractivity contribution >= 4 is 11.3 Å². The van der Waals surface area contributed by atoms with Crippen LogP contribution >= 0.6 is 11.3 Å². The van der Waals surface area contributed by atoms with Crippen molar-refractivity contribution in [2.75, 3.05) is 6.61 Å². The van der Waals surface area contributed by atoms with Gasteiger partial charge in [0.1, 0.15) is 18.5 Å². The number of rotatable bonds is 4. The Hall–Kier alpha value is -1.32. The summed E-state index contributed by atoms with van der Waals surface area (Å²) < 4.78 is 5.50. The van der Waals surface area contributed by atoms with Crippen LogP contribution in [0.1, 0.15) is 16.5 Å². The van der Waals surface area contributed by atoms with Crippen LogP contribution in [0.15, 0.2) is 41.8 Å². The minimum absolute atomic E-state index is 0.293. The second-order valence-corrected chi connectivity index (χ2v) is 4.69. The van der Waals surface area contributed by atoms with Gasteiger partial charge in [-0.1, -0.05) is 18.2 Å². The standard InChI is InChI=1S/C13H14O2S/c1-10-12(7-8-16-10)13(14)9-15-11-5-3-2-4-6-11/h2-8,13-14H,9H2,1H3. The Morgan fingerprint density at radius 2 is 2.00 bits per heavy atom. The highest BCUT2D eigenvalue weighted by atomic mass is 32.1. The molecule has 0 radical (unpaired) electrons. The van der Waals surface area contributed by atoms with Gasteiger partial charge in [-0.25, -0.2) is 0 Å². The number of aryl methyl sites for hydroxylation is 1. The molecule has 0 aliphatic heterocycles. The first-order valence-electron chi connectivity index (χ1n) is 5.17. The van der Waals surface area contributed by atoms with Crippen LogP contribution < -0.4 is 4.74 Å². The second-order valence-electron chi connectivity index (χ2n) is 3.57. The summed E-state index contributed by atoms with van der Waals surface area (Å²) in [6, 6.07) is 11.5. The van der Waals surface area contributed by atoms with Gasteiger partial charge in [-0.3, -0.25) is 0 Å². The van der Waals surface area contributed by atoms with Gasteiger partial charge in [0.05, 0.1) is 0 Å². The molecule has 0 aliphatic rings. The lowest BCUT2D eigenvalue weighted by Crippen LogP contribution is -2.09. The molecule has 2 nitrogen and oxygen atoms in total. The molecular formula is C13H14O2S. The Labute approximate surface area is 99.1 Å². The van der Waals surface area contributed by atoms with E-state index in [0.717, 1.165) is 16.2 Å². The highest BCUT2D eigenvalue weighted by Gasteiger charge is 2.11. The largest absolute Gasteiger partial charge is 0.491 e. The molecule has 3 heteroatoms. The van der Waals surface area contributed by atoms with Crippen LogP contribution in [-0.2, 0) is 0 Å². The fourth-order valence-electron chi connectivity index (χ4n) is 1.52. The maximum Gasteiger partial charge on any atom is 0.119 e. The molecule has 0 saturated heterocycles. The fraction of sp³-hybridized carbons (Fsp3) is 0.231. The van der Waals surface area contributed by atoms with Gasteiger partial charge in [-0.05, 0) is 36.1 Å². The van der Waals surface area contributed by atoms with Crippen LogP contribution in [0.4, 0.5) is 0 Å². The molecule has 1 N–H and O–H groups in total. The van der Waals surface area contributed by atoms with Gasteiger partial charge in [0.2, 0.25) is 0 Å². The summed E-state index contributed by atoms with van der Waals surface area (Å²) in [5.41, 5.74) is 0.959. The first kappa shape index (κ1) is 11.2. The topological polar surface area (TPSA) is 29.5 Å². The van der Waals surface area contributed by atoms with Crippen molar-refractivity contribution in [3.05, 3.63) is 52.2 Å². The molecule has 16 heavy (non-hydrogen) atoms. The maximum absolute atomic E-state index is 9.93. The van der Waals surface area contributed by atoms with Crippen LogP contribution in [-0.4, -0.2) is 11.7 Å². The van der Waals surface area contributed by atoms with Crippen molar-refractivity contribution in [3.63, 3.8) is 0 Å². The Balaban J connectivity index is 1.94. The number of para-hydroxylation sites is 1. The molecule has 0 aliphatic carbocycles. The van der Waals surface area contributed by atoms with E-state index in [1.54, 1.807) is 11.3 Å². The third-order valence-electron chi connectivity index (χ3n) is 2.41. The lowest BCUT2D eigenvalue weighted by molar-refractivity contribution is 0.108. The van der Waals surface area contributed by atoms with Crippen LogP contribution in [0.25, 0.3) is 0 Å². The van der Waals surface area contributed by atoms with Gasteiger partial charge in [0.15, 0.2) is 0 Å². The normalized spacial score (nSPS) is 12.4. The predicted octanol–water partition coefficient (Wildman–Crippen LogP) is 3.17. The van der Waals surface area contributed by atoms with Crippen LogP contribution in [0, 0.1) is 6.92 Å². The smallest absolute Gasteiger partial charge is 0.119 e. The van der Waals surface area contributed by atoms with Gasteiger partial charge in [0, 0.05) is 4.88 Å². The van der Waals surface area contributed by atoms with Gasteiger partial charge >= 0.3 is 0 Å². The number of hydrogen-bond donors (Lipinski definition) is 1. The Morgan fingerprint density at radius 1 is 1.25 bits per heavy atom. The minimum atomic E-state index is -0.550. The zero-order valence-corrected chi connectivity index (χ0v) is 9.91. The summed E-state index contributed by atoms with van der Waals surface area (Å²) in [5.74, 6) is 0.787. The Morgan fingerprint density at radius 3 is 2.62 bits per heavy atom. The average Bonchev–Trinajstić information content (AvgIpc) is 2.74. The summed E-state index contributed by atoms with van der Waals surface area (Å²) >= 11 is 1.64. The van der Waals surface area contributed by atoms with E-state index in [4.69, 9.17) is 4.74 Å². The highest BCUT2D eigenvalue weighted by Crippen LogP contribution is 2.23. The molecule has 1 unspecified atom stereocenters. The lowest BCUT2D eigenvalue weighted by atomic mass is 10.1. The SMILES string of the molecule is Cc1sccc1C(O)COc1ccccc1. The van der Waals surface area contributed by atoms with Gasteiger partial charge < -0.3 is 9.84 Å². The molecule has 1 heterocycles. The van der Waals surface area contributed by atoms with E-state index >= 15 is 0 Å². The highest BCUT2D eigenvalue weighted by molar-refractivity contribution is 7.10. The van der Waals surface area contributed by atoms with E-state index in [1.165, 1.54) is 0 Å². The number of thiophene rings is 1. The van der Waals surface area contributed by atoms with E-state index in [9.17, 15) is 5.11 Å². The molecule has 84 valence electrons. The number of benzene rings is 1. The van der Waals surface area contributed by atoms with Gasteiger partial charge in [-0.2, -0.15) is 0 Å². The Kier molecular flexibility index (Phi) is 3.59. The van der Waals surface area contributed by atoms with E-state index in [2.05, 4.69) is 0 Å². The van der Waals surface area contributed by atoms with Crippen molar-refractivity contribution in [2.24, 2.45) is 0 Å². The number of aliphatic hydroxyl groups excluding tert-OH is 1. The first-order chi connectivity index (χ1) is 7.77. The van der Waals surface area contributed by atoms with E-state index in [0.29, 0.717) is 6.61 Å². The molecule has 1 atom stereocenters. The number of aliphatic hydroxyl groups is 1. The molecule has 2 aromatic rings. The summed E-state index contributed by atoms with van der Waals surface area (Å²) in [4.78, 5) is 1.14. The molecule has 1 aromatic carbocycles. The first-order valence-corrected chi connectivity index (χ1v) is 6.05.